The lowest BCUT2D eigenvalue weighted by Crippen LogP contribution is -2.28. The van der Waals surface area contributed by atoms with Gasteiger partial charge in [0.05, 0.1) is 0 Å². The third kappa shape index (κ3) is 5.08. The van der Waals surface area contributed by atoms with Crippen LogP contribution in [-0.2, 0) is 0 Å². The van der Waals surface area contributed by atoms with Crippen molar-refractivity contribution in [2.24, 2.45) is 0 Å². The first-order valence-electron chi connectivity index (χ1n) is 6.23. The van der Waals surface area contributed by atoms with Gasteiger partial charge in [-0.3, -0.25) is 4.79 Å². The summed E-state index contributed by atoms with van der Waals surface area (Å²) in [5, 5.41) is 4.87. The highest BCUT2D eigenvalue weighted by atomic mass is 79.9. The number of carbonyl (C=O) groups excluding carboxylic acids is 1. The molecule has 0 saturated heterocycles. The van der Waals surface area contributed by atoms with E-state index in [1.54, 1.807) is 0 Å². The first kappa shape index (κ1) is 15.7. The molecule has 0 radical (unpaired) electrons. The number of nitrogens with one attached hydrogen (secondary N) is 1. The monoisotopic (exact) mass is 332 g/mol. The standard InChI is InChI=1S/C13H21BrN2OS/c1-10(2)16(3)8-5-4-7-15-13(17)12-11(14)6-9-18-12/h6,9-10H,4-5,7-8H2,1-3H3,(H,15,17). The molecule has 0 saturated carbocycles. The minimum absolute atomic E-state index is 0.0223. The van der Waals surface area contributed by atoms with Crippen molar-refractivity contribution in [3.05, 3.63) is 20.8 Å². The minimum Gasteiger partial charge on any atom is -0.351 e. The molecule has 1 N–H and O–H groups in total. The van der Waals surface area contributed by atoms with Gasteiger partial charge in [-0.05, 0) is 67.7 Å². The van der Waals surface area contributed by atoms with E-state index in [-0.39, 0.29) is 5.91 Å². The van der Waals surface area contributed by atoms with E-state index in [1.165, 1.54) is 11.3 Å². The van der Waals surface area contributed by atoms with E-state index in [0.717, 1.165) is 35.3 Å². The van der Waals surface area contributed by atoms with Gasteiger partial charge in [-0.2, -0.15) is 0 Å². The van der Waals surface area contributed by atoms with Gasteiger partial charge in [0.1, 0.15) is 4.88 Å². The van der Waals surface area contributed by atoms with Crippen LogP contribution in [0.5, 0.6) is 0 Å². The molecule has 5 heteroatoms. The maximum absolute atomic E-state index is 11.8. The predicted octanol–water partition coefficient (Wildman–Crippen LogP) is 3.36. The van der Waals surface area contributed by atoms with Gasteiger partial charge < -0.3 is 10.2 Å². The fourth-order valence-corrected chi connectivity index (χ4v) is 2.95. The fourth-order valence-electron chi connectivity index (χ4n) is 1.48. The van der Waals surface area contributed by atoms with Crippen molar-refractivity contribution in [3.8, 4) is 0 Å². The quantitative estimate of drug-likeness (QED) is 0.776. The Morgan fingerprint density at radius 3 is 2.78 bits per heavy atom. The largest absolute Gasteiger partial charge is 0.351 e. The number of rotatable bonds is 7. The Labute approximate surface area is 122 Å². The Hall–Kier alpha value is -0.390. The highest BCUT2D eigenvalue weighted by molar-refractivity contribution is 9.10. The molecule has 18 heavy (non-hydrogen) atoms. The van der Waals surface area contributed by atoms with Gasteiger partial charge in [-0.1, -0.05) is 0 Å². The van der Waals surface area contributed by atoms with E-state index < -0.39 is 0 Å². The van der Waals surface area contributed by atoms with Gasteiger partial charge in [0.15, 0.2) is 0 Å². The minimum atomic E-state index is 0.0223. The van der Waals surface area contributed by atoms with Crippen LogP contribution in [0.3, 0.4) is 0 Å². The number of nitrogens with zero attached hydrogens (tertiary/aromatic N) is 1. The molecular weight excluding hydrogens is 312 g/mol. The Morgan fingerprint density at radius 1 is 1.50 bits per heavy atom. The summed E-state index contributed by atoms with van der Waals surface area (Å²) in [6.45, 7) is 6.21. The number of halogens is 1. The lowest BCUT2D eigenvalue weighted by atomic mass is 10.2. The molecule has 102 valence electrons. The molecule has 1 rings (SSSR count). The summed E-state index contributed by atoms with van der Waals surface area (Å²) in [7, 11) is 2.13. The SMILES string of the molecule is CC(C)N(C)CCCCNC(=O)c1sccc1Br. The molecule has 0 bridgehead atoms. The predicted molar refractivity (Wildman–Crippen MR) is 81.4 cm³/mol. The van der Waals surface area contributed by atoms with Crippen LogP contribution >= 0.6 is 27.3 Å². The van der Waals surface area contributed by atoms with Crippen LogP contribution in [-0.4, -0.2) is 37.0 Å². The van der Waals surface area contributed by atoms with Crippen molar-refractivity contribution >= 4 is 33.2 Å². The second kappa shape index (κ2) is 7.92. The Bertz CT molecular complexity index is 379. The van der Waals surface area contributed by atoms with Gasteiger partial charge >= 0.3 is 0 Å². The van der Waals surface area contributed by atoms with E-state index in [2.05, 4.69) is 47.0 Å². The van der Waals surface area contributed by atoms with Crippen molar-refractivity contribution in [1.29, 1.82) is 0 Å². The second-order valence-electron chi connectivity index (χ2n) is 4.64. The molecule has 0 aromatic carbocycles. The molecule has 1 aromatic heterocycles. The van der Waals surface area contributed by atoms with Crippen LogP contribution in [0.25, 0.3) is 0 Å². The molecule has 0 spiro atoms. The van der Waals surface area contributed by atoms with E-state index in [9.17, 15) is 4.79 Å². The number of hydrogen-bond donors (Lipinski definition) is 1. The van der Waals surface area contributed by atoms with E-state index in [4.69, 9.17) is 0 Å². The topological polar surface area (TPSA) is 32.3 Å². The second-order valence-corrected chi connectivity index (χ2v) is 6.41. The normalized spacial score (nSPS) is 11.2. The van der Waals surface area contributed by atoms with Crippen molar-refractivity contribution in [2.45, 2.75) is 32.7 Å². The maximum atomic E-state index is 11.8. The number of carbonyl (C=O) groups is 1. The summed E-state index contributed by atoms with van der Waals surface area (Å²) < 4.78 is 0.879. The highest BCUT2D eigenvalue weighted by Gasteiger charge is 2.10. The van der Waals surface area contributed by atoms with Crippen LogP contribution in [0.15, 0.2) is 15.9 Å². The number of hydrogen-bond acceptors (Lipinski definition) is 3. The third-order valence-electron chi connectivity index (χ3n) is 2.93. The van der Waals surface area contributed by atoms with Gasteiger partial charge in [0.2, 0.25) is 0 Å². The molecule has 0 aliphatic carbocycles. The van der Waals surface area contributed by atoms with E-state index in [0.29, 0.717) is 6.04 Å². The summed E-state index contributed by atoms with van der Waals surface area (Å²) in [6.07, 6.45) is 2.13. The number of unbranched alkanes of at least 4 members (excludes halogenated alkanes) is 1. The van der Waals surface area contributed by atoms with Crippen LogP contribution in [0.2, 0.25) is 0 Å². The molecule has 3 nitrogen and oxygen atoms in total. The summed E-state index contributed by atoms with van der Waals surface area (Å²) in [5.74, 6) is 0.0223. The molecule has 1 aromatic rings. The van der Waals surface area contributed by atoms with Crippen molar-refractivity contribution in [3.63, 3.8) is 0 Å². The molecule has 0 fully saturated rings. The molecule has 0 aliphatic heterocycles. The average molecular weight is 333 g/mol. The Balaban J connectivity index is 2.15. The summed E-state index contributed by atoms with van der Waals surface area (Å²) >= 11 is 4.83. The smallest absolute Gasteiger partial charge is 0.262 e. The number of thiophene rings is 1. The molecule has 0 aliphatic rings. The zero-order valence-electron chi connectivity index (χ0n) is 11.2. The maximum Gasteiger partial charge on any atom is 0.262 e. The first-order valence-corrected chi connectivity index (χ1v) is 7.91. The Morgan fingerprint density at radius 2 is 2.22 bits per heavy atom. The zero-order chi connectivity index (χ0) is 13.5. The van der Waals surface area contributed by atoms with Gasteiger partial charge in [0.25, 0.3) is 5.91 Å². The van der Waals surface area contributed by atoms with E-state index >= 15 is 0 Å². The van der Waals surface area contributed by atoms with E-state index in [1.807, 2.05) is 11.4 Å². The van der Waals surface area contributed by atoms with Crippen LogP contribution < -0.4 is 5.32 Å². The van der Waals surface area contributed by atoms with Gasteiger partial charge in [-0.15, -0.1) is 11.3 Å². The van der Waals surface area contributed by atoms with Crippen molar-refractivity contribution < 1.29 is 4.79 Å². The summed E-state index contributed by atoms with van der Waals surface area (Å²) in [6, 6.07) is 2.48. The molecule has 0 atom stereocenters. The summed E-state index contributed by atoms with van der Waals surface area (Å²) in [4.78, 5) is 14.9. The molecule has 1 amide bonds. The van der Waals surface area contributed by atoms with Crippen LogP contribution in [0.4, 0.5) is 0 Å². The van der Waals surface area contributed by atoms with Crippen LogP contribution in [0, 0.1) is 0 Å². The van der Waals surface area contributed by atoms with Gasteiger partial charge in [0, 0.05) is 17.1 Å². The number of amides is 1. The lowest BCUT2D eigenvalue weighted by Gasteiger charge is -2.20. The third-order valence-corrected chi connectivity index (χ3v) is 4.76. The molecular formula is C13H21BrN2OS. The molecule has 1 heterocycles. The van der Waals surface area contributed by atoms with Crippen molar-refractivity contribution in [1.82, 2.24) is 10.2 Å². The highest BCUT2D eigenvalue weighted by Crippen LogP contribution is 2.22. The fraction of sp³-hybridized carbons (Fsp3) is 0.615. The Kier molecular flexibility index (Phi) is 6.89. The first-order chi connectivity index (χ1) is 8.52. The zero-order valence-corrected chi connectivity index (χ0v) is 13.6. The van der Waals surface area contributed by atoms with Crippen molar-refractivity contribution in [2.75, 3.05) is 20.1 Å². The average Bonchev–Trinajstić information content (AvgIpc) is 2.74. The van der Waals surface area contributed by atoms with Crippen LogP contribution in [0.1, 0.15) is 36.4 Å². The molecule has 0 unspecified atom stereocenters. The lowest BCUT2D eigenvalue weighted by molar-refractivity contribution is 0.0956. The van der Waals surface area contributed by atoms with Gasteiger partial charge in [-0.25, -0.2) is 0 Å². The summed E-state index contributed by atoms with van der Waals surface area (Å²) in [5.41, 5.74) is 0.